The number of ketones is 1. The number of carbonyl (C=O) groups excluding carboxylic acids is 1. The van der Waals surface area contributed by atoms with E-state index in [1.54, 1.807) is 11.3 Å². The van der Waals surface area contributed by atoms with Crippen molar-refractivity contribution >= 4 is 28.0 Å². The zero-order valence-corrected chi connectivity index (χ0v) is 15.9. The van der Waals surface area contributed by atoms with Crippen LogP contribution in [0.4, 0.5) is 0 Å². The second kappa shape index (κ2) is 6.74. The molecular formula is C20H20N4O2S. The van der Waals surface area contributed by atoms with Crippen LogP contribution in [0.2, 0.25) is 0 Å². The maximum Gasteiger partial charge on any atom is 0.152 e. The number of thiazole rings is 1. The number of fused-ring (bicyclic) bond motifs is 3. The number of hydrogen-bond donors (Lipinski definition) is 0. The Morgan fingerprint density at radius 1 is 1.33 bits per heavy atom. The van der Waals surface area contributed by atoms with Gasteiger partial charge in [-0.1, -0.05) is 6.07 Å². The van der Waals surface area contributed by atoms with Gasteiger partial charge in [-0.15, -0.1) is 11.3 Å². The van der Waals surface area contributed by atoms with Gasteiger partial charge in [-0.05, 0) is 37.1 Å². The van der Waals surface area contributed by atoms with Crippen LogP contribution in [0.1, 0.15) is 17.1 Å². The molecule has 138 valence electrons. The minimum atomic E-state index is 0.186. The molecule has 2 fully saturated rings. The van der Waals surface area contributed by atoms with Crippen LogP contribution in [0.5, 0.6) is 0 Å². The molecular weight excluding hydrogens is 360 g/mol. The topological polar surface area (TPSA) is 68.2 Å². The molecule has 1 aromatic carbocycles. The first-order valence-corrected chi connectivity index (χ1v) is 10.0. The molecule has 7 heteroatoms. The molecule has 5 rings (SSSR count). The lowest BCUT2D eigenvalue weighted by Gasteiger charge is -2.25. The molecule has 27 heavy (non-hydrogen) atoms. The normalized spacial score (nSPS) is 22.0. The fourth-order valence-corrected chi connectivity index (χ4v) is 4.75. The smallest absolute Gasteiger partial charge is 0.152 e. The van der Waals surface area contributed by atoms with Gasteiger partial charge in [0.05, 0.1) is 46.8 Å². The zero-order valence-electron chi connectivity index (χ0n) is 15.1. The SMILES string of the molecule is Cc1ncc(-c2ccc3nnc(CC(=O)CN4C[C@H]5C[C@@H]4CO5)cc3c2)s1. The highest BCUT2D eigenvalue weighted by atomic mass is 32.1. The number of aryl methyl sites for hydroxylation is 1. The van der Waals surface area contributed by atoms with Crippen LogP contribution < -0.4 is 0 Å². The number of aromatic nitrogens is 3. The minimum Gasteiger partial charge on any atom is -0.375 e. The van der Waals surface area contributed by atoms with E-state index < -0.39 is 0 Å². The van der Waals surface area contributed by atoms with Crippen molar-refractivity contribution in [3.8, 4) is 10.4 Å². The van der Waals surface area contributed by atoms with Crippen LogP contribution in [0.15, 0.2) is 30.5 Å². The molecule has 0 aliphatic carbocycles. The predicted molar refractivity (Wildman–Crippen MR) is 104 cm³/mol. The molecule has 4 heterocycles. The highest BCUT2D eigenvalue weighted by Gasteiger charge is 2.39. The van der Waals surface area contributed by atoms with Gasteiger partial charge in [0.2, 0.25) is 0 Å². The molecule has 0 saturated carbocycles. The molecule has 3 aromatic rings. The van der Waals surface area contributed by atoms with Crippen molar-refractivity contribution in [1.82, 2.24) is 20.1 Å². The number of hydrogen-bond acceptors (Lipinski definition) is 7. The number of ether oxygens (including phenoxy) is 1. The van der Waals surface area contributed by atoms with Gasteiger partial charge in [0.25, 0.3) is 0 Å². The summed E-state index contributed by atoms with van der Waals surface area (Å²) in [6, 6.07) is 8.50. The Morgan fingerprint density at radius 2 is 2.26 bits per heavy atom. The number of nitrogens with zero attached hydrogens (tertiary/aromatic N) is 4. The summed E-state index contributed by atoms with van der Waals surface area (Å²) < 4.78 is 5.60. The third-order valence-corrected chi connectivity index (χ3v) is 6.28. The Hall–Kier alpha value is -2.22. The van der Waals surface area contributed by atoms with Gasteiger partial charge in [-0.25, -0.2) is 4.98 Å². The number of carbonyl (C=O) groups is 1. The lowest BCUT2D eigenvalue weighted by Crippen LogP contribution is -2.40. The third kappa shape index (κ3) is 3.38. The largest absolute Gasteiger partial charge is 0.375 e. The predicted octanol–water partition coefficient (Wildman–Crippen LogP) is 2.65. The summed E-state index contributed by atoms with van der Waals surface area (Å²) in [4.78, 5) is 20.2. The molecule has 0 unspecified atom stereocenters. The molecule has 0 radical (unpaired) electrons. The van der Waals surface area contributed by atoms with Crippen molar-refractivity contribution in [1.29, 1.82) is 0 Å². The Labute approximate surface area is 161 Å². The van der Waals surface area contributed by atoms with Gasteiger partial charge < -0.3 is 4.74 Å². The van der Waals surface area contributed by atoms with E-state index in [2.05, 4.69) is 26.1 Å². The summed E-state index contributed by atoms with van der Waals surface area (Å²) in [6.45, 7) is 4.11. The highest BCUT2D eigenvalue weighted by Crippen LogP contribution is 2.29. The van der Waals surface area contributed by atoms with Gasteiger partial charge in [0, 0.05) is 24.2 Å². The van der Waals surface area contributed by atoms with E-state index in [4.69, 9.17) is 4.74 Å². The van der Waals surface area contributed by atoms with E-state index in [1.807, 2.05) is 31.3 Å². The second-order valence-electron chi connectivity index (χ2n) is 7.34. The number of morpholine rings is 1. The zero-order chi connectivity index (χ0) is 18.4. The van der Waals surface area contributed by atoms with Gasteiger partial charge in [0.1, 0.15) is 0 Å². The van der Waals surface area contributed by atoms with E-state index in [1.165, 1.54) is 0 Å². The van der Waals surface area contributed by atoms with Gasteiger partial charge in [-0.3, -0.25) is 9.69 Å². The van der Waals surface area contributed by atoms with E-state index in [-0.39, 0.29) is 5.78 Å². The summed E-state index contributed by atoms with van der Waals surface area (Å²) in [6.07, 6.45) is 3.59. The monoisotopic (exact) mass is 380 g/mol. The summed E-state index contributed by atoms with van der Waals surface area (Å²) in [5.74, 6) is 0.186. The van der Waals surface area contributed by atoms with Crippen molar-refractivity contribution in [2.45, 2.75) is 31.9 Å². The summed E-state index contributed by atoms with van der Waals surface area (Å²) >= 11 is 1.67. The van der Waals surface area contributed by atoms with Gasteiger partial charge in [0.15, 0.2) is 5.78 Å². The number of Topliss-reactive ketones (excluding diaryl/α,β-unsaturated/α-hetero) is 1. The van der Waals surface area contributed by atoms with E-state index in [9.17, 15) is 4.79 Å². The Bertz CT molecular complexity index is 1020. The average Bonchev–Trinajstić information content (AvgIpc) is 3.38. The summed E-state index contributed by atoms with van der Waals surface area (Å²) in [5.41, 5.74) is 2.68. The van der Waals surface area contributed by atoms with Gasteiger partial charge in [-0.2, -0.15) is 10.2 Å². The fourth-order valence-electron chi connectivity index (χ4n) is 3.98. The van der Waals surface area contributed by atoms with E-state index in [0.29, 0.717) is 25.1 Å². The van der Waals surface area contributed by atoms with E-state index in [0.717, 1.165) is 51.6 Å². The lowest BCUT2D eigenvalue weighted by atomic mass is 10.1. The maximum absolute atomic E-state index is 12.5. The summed E-state index contributed by atoms with van der Waals surface area (Å²) in [7, 11) is 0. The van der Waals surface area contributed by atoms with Crippen molar-refractivity contribution in [2.24, 2.45) is 0 Å². The first kappa shape index (κ1) is 16.9. The van der Waals surface area contributed by atoms with Crippen LogP contribution in [0, 0.1) is 6.92 Å². The Kier molecular flexibility index (Phi) is 4.22. The van der Waals surface area contributed by atoms with Crippen LogP contribution >= 0.6 is 11.3 Å². The first-order chi connectivity index (χ1) is 13.1. The second-order valence-corrected chi connectivity index (χ2v) is 8.58. The van der Waals surface area contributed by atoms with E-state index >= 15 is 0 Å². The molecule has 0 N–H and O–H groups in total. The van der Waals surface area contributed by atoms with Crippen LogP contribution in [0.3, 0.4) is 0 Å². The standard InChI is InChI=1S/C20H20N4O2S/c1-12-21-8-20(27-12)13-2-3-19-14(4-13)5-15(22-23-19)6-17(25)9-24-10-18-7-16(24)11-26-18/h2-5,8,16,18H,6-7,9-11H2,1H3/t16-,18-/m1/s1. The lowest BCUT2D eigenvalue weighted by molar-refractivity contribution is -0.120. The van der Waals surface area contributed by atoms with Crippen molar-refractivity contribution in [3.05, 3.63) is 41.2 Å². The van der Waals surface area contributed by atoms with Crippen LogP contribution in [-0.2, 0) is 16.0 Å². The number of likely N-dealkylation sites (tertiary alicyclic amines) is 1. The molecule has 2 aromatic heterocycles. The highest BCUT2D eigenvalue weighted by molar-refractivity contribution is 7.15. The molecule has 2 saturated heterocycles. The summed E-state index contributed by atoms with van der Waals surface area (Å²) in [5, 5.41) is 10.6. The molecule has 2 aliphatic heterocycles. The Morgan fingerprint density at radius 3 is 3.00 bits per heavy atom. The van der Waals surface area contributed by atoms with Crippen molar-refractivity contribution in [2.75, 3.05) is 19.7 Å². The van der Waals surface area contributed by atoms with Gasteiger partial charge >= 0.3 is 0 Å². The third-order valence-electron chi connectivity index (χ3n) is 5.31. The van der Waals surface area contributed by atoms with Crippen LogP contribution in [0.25, 0.3) is 21.3 Å². The van der Waals surface area contributed by atoms with Crippen molar-refractivity contribution < 1.29 is 9.53 Å². The molecule has 2 aliphatic rings. The molecule has 2 atom stereocenters. The minimum absolute atomic E-state index is 0.186. The maximum atomic E-state index is 12.5. The Balaban J connectivity index is 1.33. The molecule has 2 bridgehead atoms. The molecule has 0 spiro atoms. The first-order valence-electron chi connectivity index (χ1n) is 9.20. The average molecular weight is 380 g/mol. The quantitative estimate of drug-likeness (QED) is 0.678. The van der Waals surface area contributed by atoms with Crippen molar-refractivity contribution in [3.63, 3.8) is 0 Å². The fraction of sp³-hybridized carbons (Fsp3) is 0.400. The molecule has 0 amide bonds. The number of benzene rings is 1. The van der Waals surface area contributed by atoms with Crippen LogP contribution in [-0.4, -0.2) is 57.7 Å². The number of rotatable bonds is 5. The molecule has 6 nitrogen and oxygen atoms in total.